The molecule has 0 heterocycles. The van der Waals surface area contributed by atoms with Gasteiger partial charge in [-0.05, 0) is 48.6 Å². The molecule has 5 heteroatoms. The van der Waals surface area contributed by atoms with Crippen LogP contribution in [0.4, 0.5) is 0 Å². The minimum absolute atomic E-state index is 0.127. The van der Waals surface area contributed by atoms with Gasteiger partial charge in [-0.25, -0.2) is 4.79 Å². The SMILES string of the molecule is O=C1C=CC(=NOC(=O)c2ccc(Cl)cc2)C=C1. The number of hydrogen-bond acceptors (Lipinski definition) is 4. The van der Waals surface area contributed by atoms with Crippen LogP contribution in [0.3, 0.4) is 0 Å². The Kier molecular flexibility index (Phi) is 3.69. The molecule has 0 unspecified atom stereocenters. The molecule has 1 aromatic rings. The van der Waals surface area contributed by atoms with Gasteiger partial charge in [0.1, 0.15) is 5.71 Å². The molecule has 1 aromatic carbocycles. The molecule has 0 N–H and O–H groups in total. The molecule has 90 valence electrons. The first-order chi connectivity index (χ1) is 8.65. The Morgan fingerprint density at radius 1 is 1.06 bits per heavy atom. The van der Waals surface area contributed by atoms with Gasteiger partial charge >= 0.3 is 5.97 Å². The number of nitrogens with zero attached hydrogens (tertiary/aromatic N) is 1. The molecule has 1 aliphatic rings. The quantitative estimate of drug-likeness (QED) is 0.467. The van der Waals surface area contributed by atoms with E-state index in [2.05, 4.69) is 5.16 Å². The Morgan fingerprint density at radius 3 is 2.28 bits per heavy atom. The zero-order chi connectivity index (χ0) is 13.0. The lowest BCUT2D eigenvalue weighted by molar-refractivity contribution is -0.110. The molecule has 4 nitrogen and oxygen atoms in total. The number of allylic oxidation sites excluding steroid dienone is 4. The van der Waals surface area contributed by atoms with Gasteiger partial charge in [0.2, 0.25) is 0 Å². The van der Waals surface area contributed by atoms with E-state index in [1.54, 1.807) is 24.3 Å². The molecule has 0 saturated carbocycles. The lowest BCUT2D eigenvalue weighted by Crippen LogP contribution is -2.04. The topological polar surface area (TPSA) is 55.7 Å². The Hall–Kier alpha value is -2.20. The number of rotatable bonds is 2. The van der Waals surface area contributed by atoms with E-state index in [4.69, 9.17) is 16.4 Å². The molecule has 0 amide bonds. The molecule has 0 saturated heterocycles. The van der Waals surface area contributed by atoms with Crippen molar-refractivity contribution in [2.75, 3.05) is 0 Å². The molecular formula is C13H8ClNO3. The van der Waals surface area contributed by atoms with Gasteiger partial charge in [0.15, 0.2) is 5.78 Å². The standard InChI is InChI=1S/C13H8ClNO3/c14-10-3-1-9(2-4-10)13(17)18-15-11-5-7-12(16)8-6-11/h1-8H. The fourth-order valence-electron chi connectivity index (χ4n) is 1.24. The Bertz CT molecular complexity index is 552. The summed E-state index contributed by atoms with van der Waals surface area (Å²) in [5.74, 6) is -0.712. The Morgan fingerprint density at radius 2 is 1.67 bits per heavy atom. The number of ketones is 1. The Balaban J connectivity index is 2.02. The molecular weight excluding hydrogens is 254 g/mol. The molecule has 0 aliphatic heterocycles. The van der Waals surface area contributed by atoms with Crippen molar-refractivity contribution in [2.24, 2.45) is 5.16 Å². The fourth-order valence-corrected chi connectivity index (χ4v) is 1.37. The fraction of sp³-hybridized carbons (Fsp3) is 0. The maximum absolute atomic E-state index is 11.6. The van der Waals surface area contributed by atoms with Gasteiger partial charge in [-0.2, -0.15) is 0 Å². The van der Waals surface area contributed by atoms with Crippen molar-refractivity contribution in [3.8, 4) is 0 Å². The summed E-state index contributed by atoms with van der Waals surface area (Å²) in [4.78, 5) is 27.2. The van der Waals surface area contributed by atoms with Crippen LogP contribution in [0.1, 0.15) is 10.4 Å². The highest BCUT2D eigenvalue weighted by atomic mass is 35.5. The second-order valence-electron chi connectivity index (χ2n) is 3.47. The summed E-state index contributed by atoms with van der Waals surface area (Å²) in [6.45, 7) is 0. The third-order valence-electron chi connectivity index (χ3n) is 2.15. The van der Waals surface area contributed by atoms with E-state index in [-0.39, 0.29) is 5.78 Å². The van der Waals surface area contributed by atoms with Crippen molar-refractivity contribution < 1.29 is 14.4 Å². The van der Waals surface area contributed by atoms with Crippen LogP contribution in [-0.4, -0.2) is 17.5 Å². The molecule has 2 rings (SSSR count). The maximum Gasteiger partial charge on any atom is 0.365 e. The lowest BCUT2D eigenvalue weighted by atomic mass is 10.2. The van der Waals surface area contributed by atoms with E-state index < -0.39 is 5.97 Å². The summed E-state index contributed by atoms with van der Waals surface area (Å²) >= 11 is 5.70. The van der Waals surface area contributed by atoms with Gasteiger partial charge in [-0.15, -0.1) is 0 Å². The van der Waals surface area contributed by atoms with Crippen LogP contribution >= 0.6 is 11.6 Å². The van der Waals surface area contributed by atoms with Crippen LogP contribution in [0.5, 0.6) is 0 Å². The van der Waals surface area contributed by atoms with Crippen molar-refractivity contribution in [3.05, 3.63) is 59.2 Å². The van der Waals surface area contributed by atoms with Crippen molar-refractivity contribution in [2.45, 2.75) is 0 Å². The molecule has 0 aromatic heterocycles. The molecule has 0 fully saturated rings. The number of carbonyl (C=O) groups is 2. The van der Waals surface area contributed by atoms with Gasteiger partial charge in [-0.1, -0.05) is 16.8 Å². The van der Waals surface area contributed by atoms with Crippen LogP contribution in [-0.2, 0) is 9.63 Å². The zero-order valence-electron chi connectivity index (χ0n) is 9.17. The largest absolute Gasteiger partial charge is 0.365 e. The minimum Gasteiger partial charge on any atom is -0.312 e. The normalized spacial score (nSPS) is 13.6. The van der Waals surface area contributed by atoms with Crippen molar-refractivity contribution >= 4 is 29.1 Å². The summed E-state index contributed by atoms with van der Waals surface area (Å²) < 4.78 is 0. The highest BCUT2D eigenvalue weighted by molar-refractivity contribution is 6.30. The highest BCUT2D eigenvalue weighted by Crippen LogP contribution is 2.10. The third-order valence-corrected chi connectivity index (χ3v) is 2.40. The van der Waals surface area contributed by atoms with E-state index >= 15 is 0 Å². The summed E-state index contributed by atoms with van der Waals surface area (Å²) in [5.41, 5.74) is 0.750. The summed E-state index contributed by atoms with van der Waals surface area (Å²) in [5, 5.41) is 4.16. The number of benzene rings is 1. The predicted molar refractivity (Wildman–Crippen MR) is 67.6 cm³/mol. The van der Waals surface area contributed by atoms with Gasteiger partial charge in [0, 0.05) is 5.02 Å². The molecule has 0 atom stereocenters. The monoisotopic (exact) mass is 261 g/mol. The molecule has 0 bridgehead atoms. The van der Waals surface area contributed by atoms with Gasteiger partial charge in [0.25, 0.3) is 0 Å². The predicted octanol–water partition coefficient (Wildman–Crippen LogP) is 2.55. The minimum atomic E-state index is -0.585. The van der Waals surface area contributed by atoms with Crippen molar-refractivity contribution in [1.29, 1.82) is 0 Å². The van der Waals surface area contributed by atoms with E-state index in [1.807, 2.05) is 0 Å². The second kappa shape index (κ2) is 5.42. The number of carbonyl (C=O) groups excluding carboxylic acids is 2. The molecule has 18 heavy (non-hydrogen) atoms. The zero-order valence-corrected chi connectivity index (χ0v) is 9.92. The van der Waals surface area contributed by atoms with E-state index in [0.717, 1.165) is 0 Å². The Labute approximate surface area is 108 Å². The van der Waals surface area contributed by atoms with Gasteiger partial charge in [0.05, 0.1) is 5.56 Å². The average molecular weight is 262 g/mol. The second-order valence-corrected chi connectivity index (χ2v) is 3.91. The number of oxime groups is 1. The first-order valence-corrected chi connectivity index (χ1v) is 5.48. The molecule has 0 spiro atoms. The van der Waals surface area contributed by atoms with Crippen molar-refractivity contribution in [1.82, 2.24) is 0 Å². The smallest absolute Gasteiger partial charge is 0.312 e. The van der Waals surface area contributed by atoms with Crippen molar-refractivity contribution in [3.63, 3.8) is 0 Å². The van der Waals surface area contributed by atoms with E-state index in [9.17, 15) is 9.59 Å². The molecule has 1 aliphatic carbocycles. The van der Waals surface area contributed by atoms with Crippen LogP contribution in [0.15, 0.2) is 53.7 Å². The van der Waals surface area contributed by atoms with Crippen LogP contribution in [0.25, 0.3) is 0 Å². The summed E-state index contributed by atoms with van der Waals surface area (Å²) in [6, 6.07) is 6.26. The van der Waals surface area contributed by atoms with Crippen LogP contribution in [0, 0.1) is 0 Å². The van der Waals surface area contributed by atoms with E-state index in [1.165, 1.54) is 24.3 Å². The average Bonchev–Trinajstić information content (AvgIpc) is 2.38. The molecule has 0 radical (unpaired) electrons. The van der Waals surface area contributed by atoms with Gasteiger partial charge in [-0.3, -0.25) is 4.79 Å². The number of hydrogen-bond donors (Lipinski definition) is 0. The first-order valence-electron chi connectivity index (χ1n) is 5.10. The maximum atomic E-state index is 11.6. The lowest BCUT2D eigenvalue weighted by Gasteiger charge is -2.00. The number of halogens is 1. The highest BCUT2D eigenvalue weighted by Gasteiger charge is 2.07. The first kappa shape index (κ1) is 12.3. The van der Waals surface area contributed by atoms with Crippen LogP contribution < -0.4 is 0 Å². The van der Waals surface area contributed by atoms with Crippen LogP contribution in [0.2, 0.25) is 5.02 Å². The van der Waals surface area contributed by atoms with Gasteiger partial charge < -0.3 is 4.84 Å². The summed E-state index contributed by atoms with van der Waals surface area (Å²) in [7, 11) is 0. The van der Waals surface area contributed by atoms with E-state index in [0.29, 0.717) is 16.3 Å². The third kappa shape index (κ3) is 3.15. The summed E-state index contributed by atoms with van der Waals surface area (Å²) in [6.07, 6.45) is 5.62.